The Morgan fingerprint density at radius 3 is 2.92 bits per heavy atom. The van der Waals surface area contributed by atoms with Crippen molar-refractivity contribution in [1.82, 2.24) is 19.3 Å². The molecule has 3 aromatic heterocycles. The van der Waals surface area contributed by atoms with Gasteiger partial charge in [-0.25, -0.2) is 9.97 Å². The van der Waals surface area contributed by atoms with Crippen LogP contribution in [0.2, 0.25) is 0 Å². The maximum atomic E-state index is 12.6. The molecule has 3 aromatic rings. The van der Waals surface area contributed by atoms with E-state index in [-0.39, 0.29) is 12.0 Å². The average molecular weight is 337 g/mol. The maximum absolute atomic E-state index is 12.6. The Balaban J connectivity index is 1.63. The summed E-state index contributed by atoms with van der Waals surface area (Å²) >= 11 is 0. The van der Waals surface area contributed by atoms with E-state index < -0.39 is 0 Å². The molecule has 25 heavy (non-hydrogen) atoms. The number of likely N-dealkylation sites (tertiary alicyclic amines) is 1. The minimum atomic E-state index is -0.299. The third kappa shape index (κ3) is 3.24. The van der Waals surface area contributed by atoms with Gasteiger partial charge in [0.1, 0.15) is 5.82 Å². The standard InChI is InChI=1S/C18H19N5O2/c24-13-7-10-22(11-13)12-14-15-5-2-4-9-23(15)17(20-14)18(25)21-16-6-1-3-8-19-16/h1-6,8-9,13,24H,7,10-12H2,(H,19,21,25). The summed E-state index contributed by atoms with van der Waals surface area (Å²) in [4.78, 5) is 23.5. The van der Waals surface area contributed by atoms with Crippen LogP contribution in [0.1, 0.15) is 22.7 Å². The van der Waals surface area contributed by atoms with E-state index in [0.717, 1.165) is 24.2 Å². The van der Waals surface area contributed by atoms with E-state index in [1.54, 1.807) is 22.7 Å². The van der Waals surface area contributed by atoms with Crippen LogP contribution in [0.3, 0.4) is 0 Å². The SMILES string of the molecule is O=C(Nc1ccccn1)c1nc(CN2CCC(O)C2)c2ccccn12. The number of β-amino-alcohol motifs (C(OH)–C–C–N with tert-alkyl or cyclic N) is 1. The van der Waals surface area contributed by atoms with E-state index in [1.807, 2.05) is 30.5 Å². The lowest BCUT2D eigenvalue weighted by Crippen LogP contribution is -2.22. The van der Waals surface area contributed by atoms with E-state index in [4.69, 9.17) is 0 Å². The van der Waals surface area contributed by atoms with Gasteiger partial charge in [-0.1, -0.05) is 12.1 Å². The summed E-state index contributed by atoms with van der Waals surface area (Å²) in [6.45, 7) is 2.09. The fraction of sp³-hybridized carbons (Fsp3) is 0.278. The van der Waals surface area contributed by atoms with Gasteiger partial charge in [0.25, 0.3) is 5.91 Å². The van der Waals surface area contributed by atoms with E-state index in [1.165, 1.54) is 0 Å². The summed E-state index contributed by atoms with van der Waals surface area (Å²) in [6.07, 6.45) is 3.96. The molecule has 1 atom stereocenters. The van der Waals surface area contributed by atoms with Crippen molar-refractivity contribution in [3.05, 3.63) is 60.3 Å². The Labute approximate surface area is 144 Å². The predicted octanol–water partition coefficient (Wildman–Crippen LogP) is 1.55. The lowest BCUT2D eigenvalue weighted by atomic mass is 10.3. The van der Waals surface area contributed by atoms with Gasteiger partial charge in [-0.3, -0.25) is 14.1 Å². The number of fused-ring (bicyclic) bond motifs is 1. The van der Waals surface area contributed by atoms with Gasteiger partial charge in [-0.2, -0.15) is 0 Å². The van der Waals surface area contributed by atoms with E-state index in [9.17, 15) is 9.90 Å². The van der Waals surface area contributed by atoms with Gasteiger partial charge in [0.05, 0.1) is 17.3 Å². The van der Waals surface area contributed by atoms with Crippen LogP contribution in [-0.4, -0.2) is 49.5 Å². The molecule has 1 aliphatic heterocycles. The Morgan fingerprint density at radius 1 is 1.28 bits per heavy atom. The number of nitrogens with one attached hydrogen (secondary N) is 1. The van der Waals surface area contributed by atoms with Crippen LogP contribution < -0.4 is 5.32 Å². The molecular formula is C18H19N5O2. The first-order chi connectivity index (χ1) is 12.2. The van der Waals surface area contributed by atoms with Crippen molar-refractivity contribution in [3.8, 4) is 0 Å². The molecule has 0 spiro atoms. The van der Waals surface area contributed by atoms with Gasteiger partial charge in [0.15, 0.2) is 0 Å². The number of anilines is 1. The van der Waals surface area contributed by atoms with Crippen LogP contribution >= 0.6 is 0 Å². The molecule has 7 heteroatoms. The summed E-state index contributed by atoms with van der Waals surface area (Å²) in [5, 5.41) is 12.5. The zero-order valence-electron chi connectivity index (χ0n) is 13.7. The normalized spacial score (nSPS) is 17.9. The number of carbonyl (C=O) groups is 1. The highest BCUT2D eigenvalue weighted by Gasteiger charge is 2.23. The maximum Gasteiger partial charge on any atom is 0.293 e. The number of pyridine rings is 2. The fourth-order valence-electron chi connectivity index (χ4n) is 3.16. The van der Waals surface area contributed by atoms with Crippen LogP contribution in [0.4, 0.5) is 5.82 Å². The summed E-state index contributed by atoms with van der Waals surface area (Å²) in [5.41, 5.74) is 1.73. The van der Waals surface area contributed by atoms with Crippen LogP contribution in [0.15, 0.2) is 48.8 Å². The number of carbonyl (C=O) groups excluding carboxylic acids is 1. The molecule has 4 heterocycles. The molecule has 1 aliphatic rings. The molecule has 1 amide bonds. The Bertz CT molecular complexity index is 893. The van der Waals surface area contributed by atoms with E-state index >= 15 is 0 Å². The first-order valence-corrected chi connectivity index (χ1v) is 8.29. The summed E-state index contributed by atoms with van der Waals surface area (Å²) in [6, 6.07) is 11.1. The molecule has 1 saturated heterocycles. The Hall–Kier alpha value is -2.77. The topological polar surface area (TPSA) is 82.8 Å². The molecule has 0 aliphatic carbocycles. The van der Waals surface area contributed by atoms with Crippen LogP contribution in [0, 0.1) is 0 Å². The second-order valence-electron chi connectivity index (χ2n) is 6.18. The lowest BCUT2D eigenvalue weighted by Gasteiger charge is -2.12. The van der Waals surface area contributed by atoms with Gasteiger partial charge >= 0.3 is 0 Å². The number of aliphatic hydroxyl groups excluding tert-OH is 1. The molecule has 0 saturated carbocycles. The summed E-state index contributed by atoms with van der Waals surface area (Å²) in [5.74, 6) is 0.521. The summed E-state index contributed by atoms with van der Waals surface area (Å²) in [7, 11) is 0. The number of hydrogen-bond donors (Lipinski definition) is 2. The molecule has 1 fully saturated rings. The van der Waals surface area contributed by atoms with Crippen molar-refractivity contribution >= 4 is 17.2 Å². The zero-order chi connectivity index (χ0) is 17.2. The molecule has 4 rings (SSSR count). The number of imidazole rings is 1. The number of aliphatic hydroxyl groups is 1. The van der Waals surface area contributed by atoms with Gasteiger partial charge in [0, 0.05) is 32.0 Å². The molecular weight excluding hydrogens is 318 g/mol. The number of rotatable bonds is 4. The third-order valence-corrected chi connectivity index (χ3v) is 4.36. The number of hydrogen-bond acceptors (Lipinski definition) is 5. The molecule has 2 N–H and O–H groups in total. The first-order valence-electron chi connectivity index (χ1n) is 8.29. The molecule has 0 radical (unpaired) electrons. The molecule has 0 bridgehead atoms. The molecule has 128 valence electrons. The van der Waals surface area contributed by atoms with Crippen molar-refractivity contribution in [3.63, 3.8) is 0 Å². The highest BCUT2D eigenvalue weighted by molar-refractivity contribution is 6.02. The molecule has 0 aromatic carbocycles. The Morgan fingerprint density at radius 2 is 2.16 bits per heavy atom. The van der Waals surface area contributed by atoms with Crippen LogP contribution in [0.5, 0.6) is 0 Å². The second-order valence-corrected chi connectivity index (χ2v) is 6.18. The quantitative estimate of drug-likeness (QED) is 0.755. The van der Waals surface area contributed by atoms with Crippen LogP contribution in [-0.2, 0) is 6.54 Å². The minimum Gasteiger partial charge on any atom is -0.392 e. The number of nitrogens with zero attached hydrogens (tertiary/aromatic N) is 4. The zero-order valence-corrected chi connectivity index (χ0v) is 13.7. The highest BCUT2D eigenvalue weighted by Crippen LogP contribution is 2.19. The number of amides is 1. The van der Waals surface area contributed by atoms with Crippen molar-refractivity contribution in [1.29, 1.82) is 0 Å². The fourth-order valence-corrected chi connectivity index (χ4v) is 3.16. The van der Waals surface area contributed by atoms with Crippen molar-refractivity contribution < 1.29 is 9.90 Å². The highest BCUT2D eigenvalue weighted by atomic mass is 16.3. The third-order valence-electron chi connectivity index (χ3n) is 4.36. The first kappa shape index (κ1) is 15.7. The van der Waals surface area contributed by atoms with Gasteiger partial charge in [-0.05, 0) is 30.7 Å². The van der Waals surface area contributed by atoms with Crippen molar-refractivity contribution in [2.45, 2.75) is 19.1 Å². The lowest BCUT2D eigenvalue weighted by molar-refractivity contribution is 0.101. The van der Waals surface area contributed by atoms with Gasteiger partial charge < -0.3 is 10.4 Å². The van der Waals surface area contributed by atoms with Crippen LogP contribution in [0.25, 0.3) is 5.52 Å². The smallest absolute Gasteiger partial charge is 0.293 e. The molecule has 7 nitrogen and oxygen atoms in total. The van der Waals surface area contributed by atoms with Gasteiger partial charge in [0.2, 0.25) is 5.82 Å². The largest absolute Gasteiger partial charge is 0.392 e. The van der Waals surface area contributed by atoms with E-state index in [2.05, 4.69) is 20.2 Å². The predicted molar refractivity (Wildman–Crippen MR) is 93.3 cm³/mol. The minimum absolute atomic E-state index is 0.277. The summed E-state index contributed by atoms with van der Waals surface area (Å²) < 4.78 is 1.79. The van der Waals surface area contributed by atoms with Gasteiger partial charge in [-0.15, -0.1) is 0 Å². The second kappa shape index (κ2) is 6.62. The monoisotopic (exact) mass is 337 g/mol. The molecule has 1 unspecified atom stereocenters. The van der Waals surface area contributed by atoms with Crippen molar-refractivity contribution in [2.75, 3.05) is 18.4 Å². The number of aromatic nitrogens is 3. The van der Waals surface area contributed by atoms with Crippen molar-refractivity contribution in [2.24, 2.45) is 0 Å². The Kier molecular flexibility index (Phi) is 4.17. The average Bonchev–Trinajstić information content (AvgIpc) is 3.20. The van der Waals surface area contributed by atoms with E-state index in [0.29, 0.717) is 24.7 Å².